The number of carbonyl (C=O) groups is 1. The summed E-state index contributed by atoms with van der Waals surface area (Å²) in [6.07, 6.45) is 0. The Morgan fingerprint density at radius 2 is 1.68 bits per heavy atom. The van der Waals surface area contributed by atoms with E-state index in [1.54, 1.807) is 44.2 Å². The van der Waals surface area contributed by atoms with Crippen molar-refractivity contribution in [2.24, 2.45) is 0 Å². The standard InChI is InChI=1S/C26H26N4O3S/c1-17-7-5-6-8-22(17)30-18(2)28-29-26(30)34-16-19-9-11-20(12-10-19)25(31)27-21-13-14-23(32-3)24(15-21)33-4/h5-15H,16H2,1-4H3,(H,27,31). The summed E-state index contributed by atoms with van der Waals surface area (Å²) < 4.78 is 12.6. The highest BCUT2D eigenvalue weighted by Gasteiger charge is 2.14. The molecule has 7 nitrogen and oxygen atoms in total. The topological polar surface area (TPSA) is 78.3 Å². The average molecular weight is 475 g/mol. The average Bonchev–Trinajstić information content (AvgIpc) is 3.23. The maximum absolute atomic E-state index is 12.7. The molecule has 0 aliphatic heterocycles. The number of para-hydroxylation sites is 1. The van der Waals surface area contributed by atoms with Crippen LogP contribution in [-0.4, -0.2) is 34.9 Å². The van der Waals surface area contributed by atoms with Crippen molar-refractivity contribution in [2.45, 2.75) is 24.8 Å². The van der Waals surface area contributed by atoms with Gasteiger partial charge in [-0.05, 0) is 55.3 Å². The van der Waals surface area contributed by atoms with Gasteiger partial charge in [-0.2, -0.15) is 0 Å². The molecule has 0 saturated heterocycles. The number of aryl methyl sites for hydroxylation is 2. The predicted octanol–water partition coefficient (Wildman–Crippen LogP) is 5.45. The summed E-state index contributed by atoms with van der Waals surface area (Å²) in [5.74, 6) is 2.53. The van der Waals surface area contributed by atoms with Gasteiger partial charge in [-0.15, -0.1) is 10.2 Å². The molecule has 4 rings (SSSR count). The molecule has 0 saturated carbocycles. The van der Waals surface area contributed by atoms with E-state index >= 15 is 0 Å². The molecule has 0 unspecified atom stereocenters. The SMILES string of the molecule is COc1ccc(NC(=O)c2ccc(CSc3nnc(C)n3-c3ccccc3C)cc2)cc1OC. The summed E-state index contributed by atoms with van der Waals surface area (Å²) in [6.45, 7) is 4.03. The number of ether oxygens (including phenoxy) is 2. The zero-order valence-corrected chi connectivity index (χ0v) is 20.3. The highest BCUT2D eigenvalue weighted by atomic mass is 32.2. The van der Waals surface area contributed by atoms with Gasteiger partial charge < -0.3 is 14.8 Å². The molecular formula is C26H26N4O3S. The van der Waals surface area contributed by atoms with E-state index in [0.717, 1.165) is 27.8 Å². The lowest BCUT2D eigenvalue weighted by atomic mass is 10.1. The number of benzene rings is 3. The Labute approximate surface area is 203 Å². The van der Waals surface area contributed by atoms with Crippen LogP contribution in [0.5, 0.6) is 11.5 Å². The number of nitrogens with one attached hydrogen (secondary N) is 1. The molecule has 0 radical (unpaired) electrons. The van der Waals surface area contributed by atoms with Gasteiger partial charge in [0, 0.05) is 23.1 Å². The first-order valence-corrected chi connectivity index (χ1v) is 11.7. The maximum atomic E-state index is 12.7. The molecule has 8 heteroatoms. The molecule has 1 aromatic heterocycles. The van der Waals surface area contributed by atoms with Crippen molar-refractivity contribution in [1.82, 2.24) is 14.8 Å². The summed E-state index contributed by atoms with van der Waals surface area (Å²) >= 11 is 1.61. The zero-order chi connectivity index (χ0) is 24.1. The molecule has 1 amide bonds. The first-order chi connectivity index (χ1) is 16.5. The Balaban J connectivity index is 1.42. The molecule has 1 N–H and O–H groups in total. The third kappa shape index (κ3) is 5.07. The van der Waals surface area contributed by atoms with Crippen LogP contribution < -0.4 is 14.8 Å². The first kappa shape index (κ1) is 23.4. The number of carbonyl (C=O) groups excluding carboxylic acids is 1. The van der Waals surface area contributed by atoms with Gasteiger partial charge in [0.2, 0.25) is 0 Å². The minimum atomic E-state index is -0.193. The van der Waals surface area contributed by atoms with Crippen LogP contribution in [0.4, 0.5) is 5.69 Å². The normalized spacial score (nSPS) is 10.7. The summed E-state index contributed by atoms with van der Waals surface area (Å²) in [5.41, 5.74) is 4.53. The zero-order valence-electron chi connectivity index (χ0n) is 19.5. The number of amides is 1. The minimum Gasteiger partial charge on any atom is -0.493 e. The van der Waals surface area contributed by atoms with E-state index in [0.29, 0.717) is 28.5 Å². The van der Waals surface area contributed by atoms with Gasteiger partial charge in [0.1, 0.15) is 5.82 Å². The maximum Gasteiger partial charge on any atom is 0.255 e. The molecule has 0 spiro atoms. The third-order valence-electron chi connectivity index (χ3n) is 5.38. The van der Waals surface area contributed by atoms with Crippen molar-refractivity contribution in [1.29, 1.82) is 0 Å². The second-order valence-electron chi connectivity index (χ2n) is 7.66. The molecule has 4 aromatic rings. The molecule has 0 fully saturated rings. The molecule has 34 heavy (non-hydrogen) atoms. The number of aromatic nitrogens is 3. The van der Waals surface area contributed by atoms with Crippen molar-refractivity contribution < 1.29 is 14.3 Å². The molecule has 1 heterocycles. The van der Waals surface area contributed by atoms with Crippen LogP contribution in [0.25, 0.3) is 5.69 Å². The van der Waals surface area contributed by atoms with Gasteiger partial charge in [-0.25, -0.2) is 0 Å². The Morgan fingerprint density at radius 3 is 2.38 bits per heavy atom. The van der Waals surface area contributed by atoms with Crippen LogP contribution in [0.3, 0.4) is 0 Å². The van der Waals surface area contributed by atoms with E-state index in [4.69, 9.17) is 9.47 Å². The Hall–Kier alpha value is -3.78. The van der Waals surface area contributed by atoms with E-state index in [2.05, 4.69) is 39.1 Å². The minimum absolute atomic E-state index is 0.193. The summed E-state index contributed by atoms with van der Waals surface area (Å²) in [4.78, 5) is 12.7. The fraction of sp³-hybridized carbons (Fsp3) is 0.192. The number of nitrogens with zero attached hydrogens (tertiary/aromatic N) is 3. The van der Waals surface area contributed by atoms with Crippen LogP contribution in [0.1, 0.15) is 27.3 Å². The molecular weight excluding hydrogens is 448 g/mol. The molecule has 3 aromatic carbocycles. The van der Waals surface area contributed by atoms with Crippen molar-refractivity contribution in [3.05, 3.63) is 89.2 Å². The first-order valence-electron chi connectivity index (χ1n) is 10.7. The quantitative estimate of drug-likeness (QED) is 0.342. The van der Waals surface area contributed by atoms with E-state index < -0.39 is 0 Å². The fourth-order valence-electron chi connectivity index (χ4n) is 3.55. The number of methoxy groups -OCH3 is 2. The highest BCUT2D eigenvalue weighted by molar-refractivity contribution is 7.98. The fourth-order valence-corrected chi connectivity index (χ4v) is 4.49. The monoisotopic (exact) mass is 474 g/mol. The van der Waals surface area contributed by atoms with Crippen LogP contribution >= 0.6 is 11.8 Å². The van der Waals surface area contributed by atoms with E-state index in [1.165, 1.54) is 0 Å². The number of hydrogen-bond donors (Lipinski definition) is 1. The molecule has 174 valence electrons. The Kier molecular flexibility index (Phi) is 7.18. The van der Waals surface area contributed by atoms with Gasteiger partial charge in [-0.3, -0.25) is 9.36 Å². The van der Waals surface area contributed by atoms with Gasteiger partial charge >= 0.3 is 0 Å². The lowest BCUT2D eigenvalue weighted by Crippen LogP contribution is -2.12. The van der Waals surface area contributed by atoms with E-state index in [9.17, 15) is 4.79 Å². The van der Waals surface area contributed by atoms with Crippen LogP contribution in [-0.2, 0) is 5.75 Å². The van der Waals surface area contributed by atoms with Gasteiger partial charge in [-0.1, -0.05) is 42.1 Å². The molecule has 0 atom stereocenters. The lowest BCUT2D eigenvalue weighted by Gasteiger charge is -2.11. The smallest absolute Gasteiger partial charge is 0.255 e. The van der Waals surface area contributed by atoms with Gasteiger partial charge in [0.05, 0.1) is 19.9 Å². The summed E-state index contributed by atoms with van der Waals surface area (Å²) in [7, 11) is 3.13. The van der Waals surface area contributed by atoms with E-state index in [1.807, 2.05) is 43.3 Å². The second-order valence-corrected chi connectivity index (χ2v) is 8.60. The molecule has 0 aliphatic carbocycles. The second kappa shape index (κ2) is 10.4. The Morgan fingerprint density at radius 1 is 0.941 bits per heavy atom. The van der Waals surface area contributed by atoms with Gasteiger partial charge in [0.15, 0.2) is 16.7 Å². The highest BCUT2D eigenvalue weighted by Crippen LogP contribution is 2.30. The van der Waals surface area contributed by atoms with Crippen LogP contribution in [0.2, 0.25) is 0 Å². The number of rotatable bonds is 8. The summed E-state index contributed by atoms with van der Waals surface area (Å²) in [6, 6.07) is 21.0. The molecule has 0 aliphatic rings. The van der Waals surface area contributed by atoms with Gasteiger partial charge in [0.25, 0.3) is 5.91 Å². The third-order valence-corrected chi connectivity index (χ3v) is 6.38. The van der Waals surface area contributed by atoms with Crippen molar-refractivity contribution in [3.8, 4) is 17.2 Å². The number of anilines is 1. The lowest BCUT2D eigenvalue weighted by molar-refractivity contribution is 0.102. The van der Waals surface area contributed by atoms with Crippen molar-refractivity contribution >= 4 is 23.4 Å². The van der Waals surface area contributed by atoms with E-state index in [-0.39, 0.29) is 5.91 Å². The Bertz CT molecular complexity index is 1300. The predicted molar refractivity (Wildman–Crippen MR) is 134 cm³/mol. The summed E-state index contributed by atoms with van der Waals surface area (Å²) in [5, 5.41) is 12.4. The largest absolute Gasteiger partial charge is 0.493 e. The van der Waals surface area contributed by atoms with Crippen molar-refractivity contribution in [2.75, 3.05) is 19.5 Å². The van der Waals surface area contributed by atoms with Crippen LogP contribution in [0, 0.1) is 13.8 Å². The number of thioether (sulfide) groups is 1. The number of hydrogen-bond acceptors (Lipinski definition) is 6. The van der Waals surface area contributed by atoms with Crippen molar-refractivity contribution in [3.63, 3.8) is 0 Å². The molecule has 0 bridgehead atoms. The van der Waals surface area contributed by atoms with Crippen LogP contribution in [0.15, 0.2) is 71.9 Å².